The van der Waals surface area contributed by atoms with Crippen LogP contribution in [0, 0.1) is 23.4 Å². The number of benzene rings is 3. The maximum atomic E-state index is 14.9. The Morgan fingerprint density at radius 1 is 0.914 bits per heavy atom. The molecule has 1 aliphatic carbocycles. The minimum Gasteiger partial charge on any atom is -0.491 e. The highest BCUT2D eigenvalue weighted by atomic mass is 19.2. The second kappa shape index (κ2) is 11.4. The number of halogens is 3. The smallest absolute Gasteiger partial charge is 0.166 e. The predicted octanol–water partition coefficient (Wildman–Crippen LogP) is 8.71. The summed E-state index contributed by atoms with van der Waals surface area (Å²) in [5.74, 6) is -1.16. The molecular formula is C31H31F3O. The monoisotopic (exact) mass is 476 g/mol. The summed E-state index contributed by atoms with van der Waals surface area (Å²) in [6.45, 7) is 4.23. The van der Waals surface area contributed by atoms with Crippen molar-refractivity contribution in [2.45, 2.75) is 46.0 Å². The minimum atomic E-state index is -0.750. The highest BCUT2D eigenvalue weighted by Gasteiger charge is 2.19. The normalized spacial score (nSPS) is 15.9. The van der Waals surface area contributed by atoms with E-state index >= 15 is 0 Å². The van der Waals surface area contributed by atoms with E-state index in [1.165, 1.54) is 6.07 Å². The van der Waals surface area contributed by atoms with Gasteiger partial charge in [-0.05, 0) is 91.8 Å². The molecule has 0 spiro atoms. The molecule has 0 N–H and O–H groups in total. The van der Waals surface area contributed by atoms with Crippen molar-refractivity contribution in [3.63, 3.8) is 0 Å². The number of allylic oxidation sites excluding steroid dienone is 4. The van der Waals surface area contributed by atoms with Gasteiger partial charge in [-0.2, -0.15) is 0 Å². The predicted molar refractivity (Wildman–Crippen MR) is 137 cm³/mol. The molecular weight excluding hydrogens is 445 g/mol. The second-order valence-electron chi connectivity index (χ2n) is 8.96. The fourth-order valence-electron chi connectivity index (χ4n) is 4.67. The van der Waals surface area contributed by atoms with Crippen LogP contribution in [-0.4, -0.2) is 6.61 Å². The molecule has 1 unspecified atom stereocenters. The molecule has 4 heteroatoms. The molecule has 3 aromatic rings. The summed E-state index contributed by atoms with van der Waals surface area (Å²) in [4.78, 5) is 0. The average molecular weight is 477 g/mol. The SMILES string of the molecule is C/C=C/C1CC=C(c2ccc(CCc3ccc(-c4ccc(OCC)c(F)c4)cc3)c(F)c2F)CC1. The molecule has 35 heavy (non-hydrogen) atoms. The molecule has 0 amide bonds. The van der Waals surface area contributed by atoms with Gasteiger partial charge in [0.2, 0.25) is 0 Å². The molecule has 1 atom stereocenters. The molecule has 4 rings (SSSR count). The second-order valence-corrected chi connectivity index (χ2v) is 8.96. The first kappa shape index (κ1) is 24.8. The van der Waals surface area contributed by atoms with Gasteiger partial charge in [-0.25, -0.2) is 13.2 Å². The van der Waals surface area contributed by atoms with Gasteiger partial charge in [0.25, 0.3) is 0 Å². The van der Waals surface area contributed by atoms with Crippen LogP contribution in [0.2, 0.25) is 0 Å². The van der Waals surface area contributed by atoms with Crippen LogP contribution in [0.4, 0.5) is 13.2 Å². The van der Waals surface area contributed by atoms with E-state index in [0.717, 1.165) is 41.5 Å². The van der Waals surface area contributed by atoms with E-state index in [4.69, 9.17) is 4.74 Å². The standard InChI is InChI=1S/C31H31F3O/c1-3-5-21-8-13-24(14-9-21)27-18-16-25(30(33)31(27)34)15-10-22-6-11-23(12-7-22)26-17-19-29(35-4-2)28(32)20-26/h3,5-7,11-13,16-21H,4,8-10,14-15H2,1-2H3/b5-3+. The van der Waals surface area contributed by atoms with Crippen molar-refractivity contribution in [3.8, 4) is 16.9 Å². The Kier molecular flexibility index (Phi) is 8.12. The molecule has 0 bridgehead atoms. The van der Waals surface area contributed by atoms with E-state index < -0.39 is 17.5 Å². The van der Waals surface area contributed by atoms with Crippen molar-refractivity contribution in [1.29, 1.82) is 0 Å². The lowest BCUT2D eigenvalue weighted by atomic mass is 9.86. The highest BCUT2D eigenvalue weighted by Crippen LogP contribution is 2.33. The minimum absolute atomic E-state index is 0.241. The third-order valence-electron chi connectivity index (χ3n) is 6.63. The zero-order chi connectivity index (χ0) is 24.8. The zero-order valence-electron chi connectivity index (χ0n) is 20.3. The zero-order valence-corrected chi connectivity index (χ0v) is 20.3. The van der Waals surface area contributed by atoms with Gasteiger partial charge < -0.3 is 4.74 Å². The number of ether oxygens (including phenoxy) is 1. The Morgan fingerprint density at radius 2 is 1.69 bits per heavy atom. The van der Waals surface area contributed by atoms with E-state index in [1.807, 2.05) is 56.3 Å². The van der Waals surface area contributed by atoms with Crippen LogP contribution in [0.5, 0.6) is 5.75 Å². The first-order valence-electron chi connectivity index (χ1n) is 12.3. The maximum absolute atomic E-state index is 14.9. The molecule has 0 aliphatic heterocycles. The first-order valence-corrected chi connectivity index (χ1v) is 12.3. The highest BCUT2D eigenvalue weighted by molar-refractivity contribution is 5.67. The number of aryl methyl sites for hydroxylation is 2. The van der Waals surface area contributed by atoms with Crippen molar-refractivity contribution < 1.29 is 17.9 Å². The van der Waals surface area contributed by atoms with E-state index in [0.29, 0.717) is 36.5 Å². The molecule has 0 saturated heterocycles. The van der Waals surface area contributed by atoms with Crippen LogP contribution in [0.15, 0.2) is 72.8 Å². The lowest BCUT2D eigenvalue weighted by molar-refractivity contribution is 0.321. The fourth-order valence-corrected chi connectivity index (χ4v) is 4.67. The van der Waals surface area contributed by atoms with E-state index in [1.54, 1.807) is 18.2 Å². The summed E-state index contributed by atoms with van der Waals surface area (Å²) in [6.07, 6.45) is 9.84. The van der Waals surface area contributed by atoms with Crippen molar-refractivity contribution in [1.82, 2.24) is 0 Å². The maximum Gasteiger partial charge on any atom is 0.166 e. The summed E-state index contributed by atoms with van der Waals surface area (Å²) in [7, 11) is 0. The summed E-state index contributed by atoms with van der Waals surface area (Å²) in [5.41, 5.74) is 4.32. The first-order chi connectivity index (χ1) is 17.0. The summed E-state index contributed by atoms with van der Waals surface area (Å²) in [6, 6.07) is 16.1. The topological polar surface area (TPSA) is 9.23 Å². The third kappa shape index (κ3) is 5.87. The van der Waals surface area contributed by atoms with Crippen LogP contribution in [0.25, 0.3) is 16.7 Å². The fraction of sp³-hybridized carbons (Fsp3) is 0.290. The van der Waals surface area contributed by atoms with Crippen molar-refractivity contribution in [2.75, 3.05) is 6.61 Å². The molecule has 0 aromatic heterocycles. The van der Waals surface area contributed by atoms with Crippen LogP contribution in [0.3, 0.4) is 0 Å². The van der Waals surface area contributed by atoms with Crippen molar-refractivity contribution >= 4 is 5.57 Å². The van der Waals surface area contributed by atoms with Crippen LogP contribution < -0.4 is 4.74 Å². The third-order valence-corrected chi connectivity index (χ3v) is 6.63. The Hall–Kier alpha value is -3.27. The quantitative estimate of drug-likeness (QED) is 0.295. The van der Waals surface area contributed by atoms with E-state index in [2.05, 4.69) is 6.08 Å². The van der Waals surface area contributed by atoms with E-state index in [9.17, 15) is 13.2 Å². The van der Waals surface area contributed by atoms with Gasteiger partial charge in [0.15, 0.2) is 23.2 Å². The van der Waals surface area contributed by atoms with Crippen molar-refractivity contribution in [2.24, 2.45) is 5.92 Å². The molecule has 182 valence electrons. The molecule has 0 radical (unpaired) electrons. The van der Waals surface area contributed by atoms with Gasteiger partial charge in [0.05, 0.1) is 6.61 Å². The summed E-state index contributed by atoms with van der Waals surface area (Å²) >= 11 is 0. The Labute approximate surface area is 206 Å². The van der Waals surface area contributed by atoms with Gasteiger partial charge in [0, 0.05) is 5.56 Å². The molecule has 1 nitrogen and oxygen atoms in total. The number of hydrogen-bond acceptors (Lipinski definition) is 1. The van der Waals surface area contributed by atoms with Gasteiger partial charge in [0.1, 0.15) is 0 Å². The molecule has 3 aromatic carbocycles. The molecule has 0 fully saturated rings. The summed E-state index contributed by atoms with van der Waals surface area (Å²) in [5, 5.41) is 0. The average Bonchev–Trinajstić information content (AvgIpc) is 2.87. The van der Waals surface area contributed by atoms with Gasteiger partial charge >= 0.3 is 0 Å². The lowest BCUT2D eigenvalue weighted by Gasteiger charge is -2.20. The van der Waals surface area contributed by atoms with Gasteiger partial charge in [-0.3, -0.25) is 0 Å². The summed E-state index contributed by atoms with van der Waals surface area (Å²) < 4.78 is 49.2. The lowest BCUT2D eigenvalue weighted by Crippen LogP contribution is -2.06. The largest absolute Gasteiger partial charge is 0.491 e. The Morgan fingerprint density at radius 3 is 2.34 bits per heavy atom. The van der Waals surface area contributed by atoms with Crippen LogP contribution >= 0.6 is 0 Å². The van der Waals surface area contributed by atoms with Crippen LogP contribution in [0.1, 0.15) is 49.8 Å². The van der Waals surface area contributed by atoms with Gasteiger partial charge in [-0.15, -0.1) is 0 Å². The molecule has 0 heterocycles. The number of hydrogen-bond donors (Lipinski definition) is 0. The van der Waals surface area contributed by atoms with E-state index in [-0.39, 0.29) is 5.75 Å². The van der Waals surface area contributed by atoms with Gasteiger partial charge in [-0.1, -0.05) is 60.7 Å². The number of rotatable bonds is 8. The molecule has 0 saturated carbocycles. The Balaban J connectivity index is 1.42. The van der Waals surface area contributed by atoms with Crippen LogP contribution in [-0.2, 0) is 12.8 Å². The Bertz CT molecular complexity index is 1220. The van der Waals surface area contributed by atoms with Crippen molar-refractivity contribution in [3.05, 3.63) is 107 Å². The molecule has 1 aliphatic rings.